The lowest BCUT2D eigenvalue weighted by Gasteiger charge is -2.21. The number of hydrogen-bond donors (Lipinski definition) is 5. The zero-order valence-electron chi connectivity index (χ0n) is 25.0. The monoisotopic (exact) mass is 594 g/mol. The van der Waals surface area contributed by atoms with Crippen molar-refractivity contribution in [3.05, 3.63) is 48.5 Å². The third-order valence-electron chi connectivity index (χ3n) is 7.12. The summed E-state index contributed by atoms with van der Waals surface area (Å²) in [5.74, 6) is 2.12. The van der Waals surface area contributed by atoms with Gasteiger partial charge in [-0.15, -0.1) is 0 Å². The molecular formula is C30H46N10O3. The maximum absolute atomic E-state index is 12.3. The first kappa shape index (κ1) is 32.1. The second kappa shape index (κ2) is 18.7. The van der Waals surface area contributed by atoms with E-state index < -0.39 is 0 Å². The Hall–Kier alpha value is -3.81. The van der Waals surface area contributed by atoms with Crippen LogP contribution in [0.2, 0.25) is 0 Å². The normalized spacial score (nSPS) is 13.5. The Morgan fingerprint density at radius 1 is 0.907 bits per heavy atom. The van der Waals surface area contributed by atoms with Crippen LogP contribution in [0.5, 0.6) is 0 Å². The van der Waals surface area contributed by atoms with Crippen LogP contribution < -0.4 is 27.0 Å². The van der Waals surface area contributed by atoms with Gasteiger partial charge in [0.1, 0.15) is 0 Å². The van der Waals surface area contributed by atoms with Gasteiger partial charge in [0.25, 0.3) is 0 Å². The Morgan fingerprint density at radius 2 is 1.65 bits per heavy atom. The molecule has 0 saturated heterocycles. The largest absolute Gasteiger partial charge is 0.378 e. The van der Waals surface area contributed by atoms with Gasteiger partial charge in [-0.1, -0.05) is 31.4 Å². The molecule has 0 unspecified atom stereocenters. The summed E-state index contributed by atoms with van der Waals surface area (Å²) in [6.07, 6.45) is 13.1. The first-order valence-electron chi connectivity index (χ1n) is 15.4. The lowest BCUT2D eigenvalue weighted by molar-refractivity contribution is -0.120. The number of nitrogens with two attached hydrogens (primary N) is 1. The average molecular weight is 595 g/mol. The summed E-state index contributed by atoms with van der Waals surface area (Å²) in [6, 6.07) is 7.69. The van der Waals surface area contributed by atoms with Gasteiger partial charge in [-0.25, -0.2) is 4.98 Å². The molecule has 1 aliphatic rings. The van der Waals surface area contributed by atoms with Crippen LogP contribution >= 0.6 is 0 Å². The summed E-state index contributed by atoms with van der Waals surface area (Å²) < 4.78 is 12.7. The predicted molar refractivity (Wildman–Crippen MR) is 167 cm³/mol. The zero-order chi connectivity index (χ0) is 30.0. The number of ether oxygens (including phenoxy) is 2. The summed E-state index contributed by atoms with van der Waals surface area (Å²) in [4.78, 5) is 30.3. The quantitative estimate of drug-likeness (QED) is 0.122. The summed E-state index contributed by atoms with van der Waals surface area (Å²) in [5.41, 5.74) is 7.10. The van der Waals surface area contributed by atoms with E-state index in [2.05, 4.69) is 41.2 Å². The Balaban J connectivity index is 1.26. The van der Waals surface area contributed by atoms with E-state index in [1.807, 2.05) is 41.4 Å². The maximum atomic E-state index is 12.3. The van der Waals surface area contributed by atoms with Crippen LogP contribution in [0.1, 0.15) is 44.1 Å². The van der Waals surface area contributed by atoms with Crippen molar-refractivity contribution < 1.29 is 14.3 Å². The lowest BCUT2D eigenvalue weighted by Crippen LogP contribution is -2.29. The van der Waals surface area contributed by atoms with Crippen LogP contribution in [-0.2, 0) is 27.2 Å². The highest BCUT2D eigenvalue weighted by atomic mass is 16.5. The van der Waals surface area contributed by atoms with Gasteiger partial charge in [0.2, 0.25) is 23.8 Å². The standard InChI is InChI=1S/C30H46N10O3/c31-11-17-42-19-20-43-18-14-33-27(41)21-24-7-9-26(10-8-24)36-30-38-28(34-12-4-15-40-16-13-32-23-40)37-29(39-30)35-22-25-5-2-1-3-6-25/h7-10,13,16,23,25H,1-6,11-12,14-15,17-22,31H2,(H,33,41)(H3,34,35,36,37,38,39). The van der Waals surface area contributed by atoms with Crippen LogP contribution in [0.3, 0.4) is 0 Å². The van der Waals surface area contributed by atoms with E-state index in [4.69, 9.17) is 15.2 Å². The number of aryl methyl sites for hydroxylation is 1. The molecular weight excluding hydrogens is 548 g/mol. The highest BCUT2D eigenvalue weighted by Crippen LogP contribution is 2.24. The molecule has 13 nitrogen and oxygen atoms in total. The van der Waals surface area contributed by atoms with Gasteiger partial charge in [-0.3, -0.25) is 4.79 Å². The van der Waals surface area contributed by atoms with E-state index in [0.29, 0.717) is 63.3 Å². The van der Waals surface area contributed by atoms with E-state index in [9.17, 15) is 4.79 Å². The Morgan fingerprint density at radius 3 is 2.40 bits per heavy atom. The molecule has 1 fully saturated rings. The van der Waals surface area contributed by atoms with Crippen molar-refractivity contribution in [3.8, 4) is 0 Å². The Kier molecular flexibility index (Phi) is 13.9. The molecule has 1 aromatic carbocycles. The van der Waals surface area contributed by atoms with Gasteiger partial charge < -0.3 is 41.0 Å². The highest BCUT2D eigenvalue weighted by Gasteiger charge is 2.15. The molecule has 2 heterocycles. The van der Waals surface area contributed by atoms with E-state index in [0.717, 1.165) is 37.3 Å². The fourth-order valence-corrected chi connectivity index (χ4v) is 4.85. The number of rotatable bonds is 20. The number of carbonyl (C=O) groups excluding carboxylic acids is 1. The fraction of sp³-hybridized carbons (Fsp3) is 0.567. The molecule has 1 amide bonds. The van der Waals surface area contributed by atoms with Crippen LogP contribution in [0, 0.1) is 5.92 Å². The van der Waals surface area contributed by atoms with Gasteiger partial charge in [-0.05, 0) is 42.9 Å². The molecule has 0 bridgehead atoms. The molecule has 0 atom stereocenters. The summed E-state index contributed by atoms with van der Waals surface area (Å²) in [6.45, 7) is 5.32. The summed E-state index contributed by atoms with van der Waals surface area (Å²) >= 11 is 0. The molecule has 6 N–H and O–H groups in total. The second-order valence-electron chi connectivity index (χ2n) is 10.6. The van der Waals surface area contributed by atoms with Gasteiger partial charge >= 0.3 is 0 Å². The molecule has 2 aromatic heterocycles. The lowest BCUT2D eigenvalue weighted by atomic mass is 9.89. The second-order valence-corrected chi connectivity index (χ2v) is 10.6. The van der Waals surface area contributed by atoms with Crippen molar-refractivity contribution in [1.29, 1.82) is 0 Å². The number of benzene rings is 1. The van der Waals surface area contributed by atoms with Gasteiger partial charge in [0, 0.05) is 50.8 Å². The van der Waals surface area contributed by atoms with Crippen molar-refractivity contribution in [2.45, 2.75) is 51.5 Å². The third-order valence-corrected chi connectivity index (χ3v) is 7.12. The zero-order valence-corrected chi connectivity index (χ0v) is 25.0. The van der Waals surface area contributed by atoms with Crippen molar-refractivity contribution in [3.63, 3.8) is 0 Å². The molecule has 43 heavy (non-hydrogen) atoms. The third kappa shape index (κ3) is 12.5. The highest BCUT2D eigenvalue weighted by molar-refractivity contribution is 5.78. The van der Waals surface area contributed by atoms with Crippen molar-refractivity contribution >= 4 is 29.4 Å². The molecule has 234 valence electrons. The first-order valence-corrected chi connectivity index (χ1v) is 15.4. The van der Waals surface area contributed by atoms with Gasteiger partial charge in [0.05, 0.1) is 39.2 Å². The van der Waals surface area contributed by atoms with E-state index in [-0.39, 0.29) is 12.3 Å². The molecule has 1 saturated carbocycles. The molecule has 13 heteroatoms. The molecule has 1 aliphatic carbocycles. The van der Waals surface area contributed by atoms with E-state index >= 15 is 0 Å². The van der Waals surface area contributed by atoms with Gasteiger partial charge in [-0.2, -0.15) is 15.0 Å². The van der Waals surface area contributed by atoms with E-state index in [1.165, 1.54) is 32.1 Å². The number of nitrogens with one attached hydrogen (secondary N) is 4. The number of hydrogen-bond acceptors (Lipinski definition) is 11. The number of imidazole rings is 1. The van der Waals surface area contributed by atoms with Crippen molar-refractivity contribution in [2.24, 2.45) is 11.7 Å². The predicted octanol–water partition coefficient (Wildman–Crippen LogP) is 2.96. The van der Waals surface area contributed by atoms with Gasteiger partial charge in [0.15, 0.2) is 0 Å². The average Bonchev–Trinajstić information content (AvgIpc) is 3.55. The minimum atomic E-state index is -0.0569. The molecule has 4 rings (SSSR count). The maximum Gasteiger partial charge on any atom is 0.233 e. The van der Waals surface area contributed by atoms with E-state index in [1.54, 1.807) is 6.20 Å². The number of carbonyl (C=O) groups is 1. The molecule has 0 aliphatic heterocycles. The smallest absolute Gasteiger partial charge is 0.233 e. The molecule has 0 radical (unpaired) electrons. The number of nitrogens with zero attached hydrogens (tertiary/aromatic N) is 5. The number of amides is 1. The topological polar surface area (TPSA) is 166 Å². The summed E-state index contributed by atoms with van der Waals surface area (Å²) in [7, 11) is 0. The molecule has 3 aromatic rings. The van der Waals surface area contributed by atoms with Crippen molar-refractivity contribution in [2.75, 3.05) is 68.6 Å². The minimum Gasteiger partial charge on any atom is -0.378 e. The Labute approximate surface area is 253 Å². The SMILES string of the molecule is NCCOCCOCCNC(=O)Cc1ccc(Nc2nc(NCCCn3ccnc3)nc(NCC3CCCCC3)n2)cc1. The minimum absolute atomic E-state index is 0.0569. The molecule has 0 spiro atoms. The summed E-state index contributed by atoms with van der Waals surface area (Å²) in [5, 5.41) is 13.0. The first-order chi connectivity index (χ1) is 21.2. The van der Waals surface area contributed by atoms with Crippen LogP contribution in [0.4, 0.5) is 23.5 Å². The Bertz CT molecular complexity index is 1190. The van der Waals surface area contributed by atoms with Crippen molar-refractivity contribution in [1.82, 2.24) is 29.8 Å². The fourth-order valence-electron chi connectivity index (χ4n) is 4.85. The number of anilines is 4. The van der Waals surface area contributed by atoms with Crippen LogP contribution in [0.15, 0.2) is 43.0 Å². The van der Waals surface area contributed by atoms with Crippen LogP contribution in [0.25, 0.3) is 0 Å². The number of aromatic nitrogens is 5. The van der Waals surface area contributed by atoms with Crippen LogP contribution in [-0.4, -0.2) is 83.0 Å².